The molecule has 2 heteroatoms. The number of allylic oxidation sites excluding steroid dienone is 2. The monoisotopic (exact) mass is 202 g/mol. The van der Waals surface area contributed by atoms with E-state index in [9.17, 15) is 4.79 Å². The van der Waals surface area contributed by atoms with E-state index in [-0.39, 0.29) is 11.0 Å². The van der Waals surface area contributed by atoms with Crippen LogP contribution in [0.25, 0.3) is 12.2 Å². The summed E-state index contributed by atoms with van der Waals surface area (Å²) in [5, 5.41) is 0.967. The predicted molar refractivity (Wildman–Crippen MR) is 60.8 cm³/mol. The van der Waals surface area contributed by atoms with E-state index in [0.29, 0.717) is 11.0 Å². The van der Waals surface area contributed by atoms with Gasteiger partial charge in [0.05, 0.1) is 0 Å². The van der Waals surface area contributed by atoms with E-state index < -0.39 is 0 Å². The van der Waals surface area contributed by atoms with Crippen LogP contribution in [0.3, 0.4) is 0 Å². The topological polar surface area (TPSA) is 30.2 Å². The van der Waals surface area contributed by atoms with Gasteiger partial charge in [-0.2, -0.15) is 0 Å². The molecule has 0 unspecified atom stereocenters. The van der Waals surface area contributed by atoms with Crippen molar-refractivity contribution >= 4 is 12.2 Å². The molecule has 0 saturated heterocycles. The lowest BCUT2D eigenvalue weighted by atomic mass is 9.93. The average molecular weight is 202 g/mol. The molecule has 1 aromatic heterocycles. The normalized spacial score (nSPS) is 17.3. The zero-order valence-electron chi connectivity index (χ0n) is 9.20. The number of hydrogen-bond acceptors (Lipinski definition) is 2. The minimum absolute atomic E-state index is 0.0764. The quantitative estimate of drug-likeness (QED) is 0.630. The highest BCUT2D eigenvalue weighted by Gasteiger charge is 2.12. The molecular formula is C13H14O2. The van der Waals surface area contributed by atoms with Gasteiger partial charge in [-0.1, -0.05) is 32.1 Å². The van der Waals surface area contributed by atoms with E-state index in [0.717, 1.165) is 5.22 Å². The van der Waals surface area contributed by atoms with Gasteiger partial charge in [0.1, 0.15) is 5.42 Å². The number of aryl methyl sites for hydroxylation is 1. The molecule has 15 heavy (non-hydrogen) atoms. The minimum atomic E-state index is -0.254. The van der Waals surface area contributed by atoms with Crippen molar-refractivity contribution in [1.82, 2.24) is 0 Å². The molecule has 0 bridgehead atoms. The van der Waals surface area contributed by atoms with E-state index >= 15 is 0 Å². The van der Waals surface area contributed by atoms with Crippen molar-refractivity contribution < 1.29 is 4.42 Å². The Morgan fingerprint density at radius 3 is 2.80 bits per heavy atom. The predicted octanol–water partition coefficient (Wildman–Crippen LogP) is 1.11. The molecule has 0 aliphatic heterocycles. The van der Waals surface area contributed by atoms with Crippen molar-refractivity contribution in [2.24, 2.45) is 5.41 Å². The van der Waals surface area contributed by atoms with Crippen molar-refractivity contribution in [3.05, 3.63) is 44.8 Å². The van der Waals surface area contributed by atoms with Crippen LogP contribution in [0.2, 0.25) is 0 Å². The Morgan fingerprint density at radius 2 is 2.07 bits per heavy atom. The summed E-state index contributed by atoms with van der Waals surface area (Å²) < 4.78 is 5.26. The highest BCUT2D eigenvalue weighted by Crippen LogP contribution is 2.19. The largest absolute Gasteiger partial charge is 0.423 e. The summed E-state index contributed by atoms with van der Waals surface area (Å²) in [6.07, 6.45) is 8.03. The van der Waals surface area contributed by atoms with Crippen molar-refractivity contribution in [1.29, 1.82) is 0 Å². The zero-order chi connectivity index (χ0) is 11.1. The Morgan fingerprint density at radius 1 is 1.33 bits per heavy atom. The van der Waals surface area contributed by atoms with Crippen LogP contribution in [-0.4, -0.2) is 0 Å². The molecule has 0 aromatic carbocycles. The summed E-state index contributed by atoms with van der Waals surface area (Å²) in [5.41, 5.74) is 0.982. The Balaban J connectivity index is 2.87. The molecule has 1 heterocycles. The summed E-state index contributed by atoms with van der Waals surface area (Å²) in [6, 6.07) is 1.86. The lowest BCUT2D eigenvalue weighted by molar-refractivity contribution is 0.462. The van der Waals surface area contributed by atoms with E-state index in [1.165, 1.54) is 0 Å². The molecule has 1 aliphatic rings. The molecule has 0 spiro atoms. The first-order valence-corrected chi connectivity index (χ1v) is 5.01. The zero-order valence-corrected chi connectivity index (χ0v) is 9.20. The molecule has 78 valence electrons. The van der Waals surface area contributed by atoms with E-state index in [1.54, 1.807) is 6.92 Å². The van der Waals surface area contributed by atoms with Crippen LogP contribution in [0.15, 0.2) is 27.4 Å². The fraction of sp³-hybridized carbons (Fsp3) is 0.308. The van der Waals surface area contributed by atoms with Gasteiger partial charge in [0.25, 0.3) is 0 Å². The van der Waals surface area contributed by atoms with Gasteiger partial charge in [-0.3, -0.25) is 0 Å². The number of hydrogen-bond donors (Lipinski definition) is 0. The fourth-order valence-electron chi connectivity index (χ4n) is 1.63. The van der Waals surface area contributed by atoms with Gasteiger partial charge < -0.3 is 4.42 Å². The highest BCUT2D eigenvalue weighted by atomic mass is 16.4. The van der Waals surface area contributed by atoms with Crippen molar-refractivity contribution in [3.63, 3.8) is 0 Å². The summed E-state index contributed by atoms with van der Waals surface area (Å²) in [4.78, 5) is 11.4. The second-order valence-electron chi connectivity index (χ2n) is 4.53. The SMILES string of the molecule is Cc1cc2c(oc1=O)=CC(C)(C)C=CC=2. The lowest BCUT2D eigenvalue weighted by Gasteiger charge is -2.11. The summed E-state index contributed by atoms with van der Waals surface area (Å²) in [7, 11) is 0. The summed E-state index contributed by atoms with van der Waals surface area (Å²) in [5.74, 6) is 0. The first-order valence-electron chi connectivity index (χ1n) is 5.01. The third-order valence-corrected chi connectivity index (χ3v) is 2.49. The van der Waals surface area contributed by atoms with Crippen LogP contribution in [0.4, 0.5) is 0 Å². The summed E-state index contributed by atoms with van der Waals surface area (Å²) >= 11 is 0. The Bertz CT molecular complexity index is 586. The van der Waals surface area contributed by atoms with Crippen molar-refractivity contribution in [2.45, 2.75) is 20.8 Å². The lowest BCUT2D eigenvalue weighted by Crippen LogP contribution is -2.31. The van der Waals surface area contributed by atoms with Crippen LogP contribution in [0.5, 0.6) is 0 Å². The molecule has 2 rings (SSSR count). The standard InChI is InChI=1S/C13H14O2/c1-9-7-10-5-4-6-13(2,3)8-11(10)15-12(9)14/h4-8H,1-3H3. The maximum Gasteiger partial charge on any atom is 0.339 e. The fourth-order valence-corrected chi connectivity index (χ4v) is 1.63. The van der Waals surface area contributed by atoms with E-state index in [1.807, 2.05) is 24.3 Å². The molecule has 0 radical (unpaired) electrons. The highest BCUT2D eigenvalue weighted by molar-refractivity contribution is 5.46. The molecule has 2 nitrogen and oxygen atoms in total. The second kappa shape index (κ2) is 3.23. The Kier molecular flexibility index (Phi) is 2.14. The number of fused-ring (bicyclic) bond motifs is 1. The first-order chi connectivity index (χ1) is 6.98. The van der Waals surface area contributed by atoms with Gasteiger partial charge in [-0.15, -0.1) is 0 Å². The van der Waals surface area contributed by atoms with E-state index in [2.05, 4.69) is 19.9 Å². The van der Waals surface area contributed by atoms with Crippen LogP contribution in [-0.2, 0) is 0 Å². The van der Waals surface area contributed by atoms with Gasteiger partial charge in [-0.05, 0) is 19.1 Å². The molecular weight excluding hydrogens is 188 g/mol. The molecule has 0 N–H and O–H groups in total. The Labute approximate surface area is 88.2 Å². The minimum Gasteiger partial charge on any atom is -0.423 e. The van der Waals surface area contributed by atoms with Gasteiger partial charge in [0.15, 0.2) is 0 Å². The number of rotatable bonds is 0. The molecule has 0 atom stereocenters. The molecule has 0 amide bonds. The van der Waals surface area contributed by atoms with E-state index in [4.69, 9.17) is 4.42 Å². The van der Waals surface area contributed by atoms with Crippen LogP contribution < -0.4 is 16.3 Å². The third-order valence-electron chi connectivity index (χ3n) is 2.49. The second-order valence-corrected chi connectivity index (χ2v) is 4.53. The van der Waals surface area contributed by atoms with Crippen molar-refractivity contribution in [3.8, 4) is 0 Å². The molecule has 0 fully saturated rings. The molecule has 1 aromatic rings. The molecule has 1 aliphatic carbocycles. The van der Waals surface area contributed by atoms with Gasteiger partial charge >= 0.3 is 5.63 Å². The maximum atomic E-state index is 11.4. The van der Waals surface area contributed by atoms with Crippen molar-refractivity contribution in [2.75, 3.05) is 0 Å². The smallest absolute Gasteiger partial charge is 0.339 e. The third kappa shape index (κ3) is 1.94. The van der Waals surface area contributed by atoms with Gasteiger partial charge in [0.2, 0.25) is 0 Å². The van der Waals surface area contributed by atoms with Crippen LogP contribution in [0, 0.1) is 12.3 Å². The average Bonchev–Trinajstić information content (AvgIpc) is 2.24. The molecule has 0 saturated carbocycles. The van der Waals surface area contributed by atoms with Gasteiger partial charge in [0, 0.05) is 16.2 Å². The summed E-state index contributed by atoms with van der Waals surface area (Å²) in [6.45, 7) is 5.91. The first kappa shape index (κ1) is 9.97. The van der Waals surface area contributed by atoms with Crippen LogP contribution >= 0.6 is 0 Å². The van der Waals surface area contributed by atoms with Gasteiger partial charge in [-0.25, -0.2) is 4.79 Å². The maximum absolute atomic E-state index is 11.4. The Hall–Kier alpha value is -1.57. The van der Waals surface area contributed by atoms with Crippen LogP contribution in [0.1, 0.15) is 19.4 Å².